The standard InChI is InChI=1S/C34H32N3O2.Pt/c1-33(2,3)25-18-19-35-32(30(25)34(4,5)6)37-26-12-8-7-11-23(26)24-16-15-22(20-27(24)37)39-29-17-14-21-10-9-13-28(38)31(21)36-29;/h7-19,38H,1-6H3;/q-1;. The van der Waals surface area contributed by atoms with Gasteiger partial charge in [0.25, 0.3) is 0 Å². The van der Waals surface area contributed by atoms with Gasteiger partial charge in [0.05, 0.1) is 0 Å². The second kappa shape index (κ2) is 10.0. The van der Waals surface area contributed by atoms with Crippen LogP contribution in [0.3, 0.4) is 0 Å². The van der Waals surface area contributed by atoms with Crippen molar-refractivity contribution in [2.75, 3.05) is 0 Å². The van der Waals surface area contributed by atoms with Gasteiger partial charge in [0.2, 0.25) is 5.88 Å². The predicted octanol–water partition coefficient (Wildman–Crippen LogP) is 8.62. The number of phenols is 1. The van der Waals surface area contributed by atoms with Crippen molar-refractivity contribution in [3.63, 3.8) is 0 Å². The van der Waals surface area contributed by atoms with Gasteiger partial charge in [-0.15, -0.1) is 17.5 Å². The van der Waals surface area contributed by atoms with Crippen molar-refractivity contribution in [3.8, 4) is 23.2 Å². The molecule has 0 amide bonds. The Morgan fingerprint density at radius 3 is 2.33 bits per heavy atom. The second-order valence-electron chi connectivity index (χ2n) is 12.1. The van der Waals surface area contributed by atoms with Crippen LogP contribution in [0, 0.1) is 6.07 Å². The fourth-order valence-corrected chi connectivity index (χ4v) is 5.42. The molecule has 3 aromatic heterocycles. The summed E-state index contributed by atoms with van der Waals surface area (Å²) in [7, 11) is 0. The minimum Gasteiger partial charge on any atom is -0.506 e. The summed E-state index contributed by atoms with van der Waals surface area (Å²) < 4.78 is 8.42. The van der Waals surface area contributed by atoms with Gasteiger partial charge in [-0.2, -0.15) is 6.07 Å². The quantitative estimate of drug-likeness (QED) is 0.187. The van der Waals surface area contributed by atoms with Gasteiger partial charge in [-0.3, -0.25) is 0 Å². The zero-order valence-corrected chi connectivity index (χ0v) is 25.8. The Bertz CT molecular complexity index is 1880. The van der Waals surface area contributed by atoms with Gasteiger partial charge in [0, 0.05) is 55.5 Å². The maximum atomic E-state index is 10.3. The molecule has 0 fully saturated rings. The molecule has 0 spiro atoms. The average molecular weight is 710 g/mol. The molecule has 0 atom stereocenters. The van der Waals surface area contributed by atoms with Crippen LogP contribution >= 0.6 is 0 Å². The van der Waals surface area contributed by atoms with Crippen LogP contribution in [0.1, 0.15) is 52.7 Å². The van der Waals surface area contributed by atoms with Gasteiger partial charge in [-0.05, 0) is 46.0 Å². The summed E-state index contributed by atoms with van der Waals surface area (Å²) in [5, 5.41) is 13.3. The molecule has 3 aromatic carbocycles. The van der Waals surface area contributed by atoms with E-state index in [2.05, 4.69) is 93.6 Å². The summed E-state index contributed by atoms with van der Waals surface area (Å²) in [6.45, 7) is 13.5. The number of ether oxygens (including phenoxy) is 1. The molecule has 0 radical (unpaired) electrons. The van der Waals surface area contributed by atoms with Crippen LogP contribution < -0.4 is 4.74 Å². The number of fused-ring (bicyclic) bond motifs is 4. The van der Waals surface area contributed by atoms with E-state index in [9.17, 15) is 5.11 Å². The molecule has 5 nitrogen and oxygen atoms in total. The molecule has 0 aliphatic heterocycles. The van der Waals surface area contributed by atoms with Gasteiger partial charge >= 0.3 is 0 Å². The number of para-hydroxylation sites is 2. The Morgan fingerprint density at radius 1 is 0.800 bits per heavy atom. The maximum absolute atomic E-state index is 10.3. The van der Waals surface area contributed by atoms with Crippen LogP contribution in [0.5, 0.6) is 17.4 Å². The number of phenolic OH excluding ortho intramolecular Hbond substituents is 1. The molecule has 3 heterocycles. The molecular weight excluding hydrogens is 677 g/mol. The van der Waals surface area contributed by atoms with Crippen molar-refractivity contribution in [3.05, 3.63) is 96.2 Å². The van der Waals surface area contributed by atoms with Crippen molar-refractivity contribution < 1.29 is 30.9 Å². The van der Waals surface area contributed by atoms with Crippen LogP contribution in [-0.4, -0.2) is 19.6 Å². The third kappa shape index (κ3) is 4.77. The first-order valence-electron chi connectivity index (χ1n) is 13.2. The Balaban J connectivity index is 0.00000323. The molecule has 0 aliphatic rings. The van der Waals surface area contributed by atoms with Gasteiger partial charge in [-0.25, -0.2) is 9.97 Å². The Labute approximate surface area is 249 Å². The third-order valence-electron chi connectivity index (χ3n) is 7.15. The number of rotatable bonds is 3. The largest absolute Gasteiger partial charge is 0.506 e. The predicted molar refractivity (Wildman–Crippen MR) is 158 cm³/mol. The van der Waals surface area contributed by atoms with E-state index in [-0.39, 0.29) is 37.6 Å². The van der Waals surface area contributed by atoms with Crippen molar-refractivity contribution in [2.24, 2.45) is 0 Å². The first kappa shape index (κ1) is 27.9. The van der Waals surface area contributed by atoms with E-state index in [0.717, 1.165) is 33.0 Å². The van der Waals surface area contributed by atoms with Crippen molar-refractivity contribution in [1.82, 2.24) is 14.5 Å². The summed E-state index contributed by atoms with van der Waals surface area (Å²) in [5.41, 5.74) is 4.76. The number of aromatic nitrogens is 3. The molecule has 0 aliphatic carbocycles. The van der Waals surface area contributed by atoms with Crippen LogP contribution in [0.2, 0.25) is 0 Å². The molecular formula is C34H32N3O2Pt-. The second-order valence-corrected chi connectivity index (χ2v) is 12.1. The summed E-state index contributed by atoms with van der Waals surface area (Å²) in [5.74, 6) is 1.96. The van der Waals surface area contributed by atoms with Crippen molar-refractivity contribution >= 4 is 32.7 Å². The third-order valence-corrected chi connectivity index (χ3v) is 7.15. The first-order valence-corrected chi connectivity index (χ1v) is 13.2. The topological polar surface area (TPSA) is 60.2 Å². The summed E-state index contributed by atoms with van der Waals surface area (Å²) in [6, 6.07) is 27.1. The molecule has 40 heavy (non-hydrogen) atoms. The Hall–Kier alpha value is -3.69. The van der Waals surface area contributed by atoms with Gasteiger partial charge < -0.3 is 14.4 Å². The number of aromatic hydroxyl groups is 1. The molecule has 6 rings (SSSR count). The summed E-state index contributed by atoms with van der Waals surface area (Å²) in [6.07, 6.45) is 1.91. The smallest absolute Gasteiger partial charge is 0.217 e. The van der Waals surface area contributed by atoms with E-state index < -0.39 is 0 Å². The number of pyridine rings is 2. The van der Waals surface area contributed by atoms with Crippen LogP contribution in [0.15, 0.2) is 79.0 Å². The van der Waals surface area contributed by atoms with Gasteiger partial charge in [0.1, 0.15) is 17.1 Å². The molecule has 0 bridgehead atoms. The average Bonchev–Trinajstić information content (AvgIpc) is 3.21. The molecule has 1 N–H and O–H groups in total. The van der Waals surface area contributed by atoms with E-state index in [4.69, 9.17) is 9.72 Å². The van der Waals surface area contributed by atoms with Crippen LogP contribution in [0.4, 0.5) is 0 Å². The van der Waals surface area contributed by atoms with E-state index in [1.54, 1.807) is 18.2 Å². The van der Waals surface area contributed by atoms with Crippen molar-refractivity contribution in [2.45, 2.75) is 52.4 Å². The van der Waals surface area contributed by atoms with Gasteiger partial charge in [0.15, 0.2) is 0 Å². The zero-order valence-electron chi connectivity index (χ0n) is 23.5. The number of hydrogen-bond acceptors (Lipinski definition) is 4. The summed E-state index contributed by atoms with van der Waals surface area (Å²) >= 11 is 0. The molecule has 6 aromatic rings. The van der Waals surface area contributed by atoms with E-state index >= 15 is 0 Å². The minimum absolute atomic E-state index is 0. The number of nitrogens with zero attached hydrogens (tertiary/aromatic N) is 3. The fourth-order valence-electron chi connectivity index (χ4n) is 5.42. The Kier molecular flexibility index (Phi) is 7.00. The number of hydrogen-bond donors (Lipinski definition) is 1. The van der Waals surface area contributed by atoms with E-state index in [0.29, 0.717) is 17.1 Å². The van der Waals surface area contributed by atoms with Crippen molar-refractivity contribution in [1.29, 1.82) is 0 Å². The normalized spacial score (nSPS) is 12.2. The molecule has 0 saturated carbocycles. The Morgan fingerprint density at radius 2 is 1.57 bits per heavy atom. The van der Waals surface area contributed by atoms with E-state index in [1.165, 1.54) is 11.1 Å². The SMILES string of the molecule is CC(C)(C)c1ccnc(-n2c3[c-]c(Oc4ccc5cccc(O)c5n4)ccc3c3ccccc32)c1C(C)(C)C.[Pt]. The monoisotopic (exact) mass is 709 g/mol. The fraction of sp³-hybridized carbons (Fsp3) is 0.235. The van der Waals surface area contributed by atoms with E-state index in [1.807, 2.05) is 24.4 Å². The molecule has 0 unspecified atom stereocenters. The molecule has 6 heteroatoms. The molecule has 0 saturated heterocycles. The zero-order chi connectivity index (χ0) is 27.5. The first-order chi connectivity index (χ1) is 18.5. The van der Waals surface area contributed by atoms with Gasteiger partial charge in [-0.1, -0.05) is 77.4 Å². The molecule has 206 valence electrons. The summed E-state index contributed by atoms with van der Waals surface area (Å²) in [4.78, 5) is 9.53. The van der Waals surface area contributed by atoms with Crippen LogP contribution in [-0.2, 0) is 31.9 Å². The van der Waals surface area contributed by atoms with Crippen LogP contribution in [0.25, 0.3) is 38.5 Å². The number of benzene rings is 3. The minimum atomic E-state index is -0.144. The maximum Gasteiger partial charge on any atom is 0.217 e.